The van der Waals surface area contributed by atoms with Gasteiger partial charge in [0.2, 0.25) is 0 Å². The zero-order valence-corrected chi connectivity index (χ0v) is 21.5. The molecule has 1 unspecified atom stereocenters. The van der Waals surface area contributed by atoms with E-state index in [0.717, 1.165) is 28.0 Å². The highest BCUT2D eigenvalue weighted by molar-refractivity contribution is 6.04. The van der Waals surface area contributed by atoms with Crippen LogP contribution in [0.25, 0.3) is 0 Å². The minimum absolute atomic E-state index is 0.0127. The molecule has 2 N–H and O–H groups in total. The number of carbonyl (C=O) groups excluding carboxylic acids is 3. The molecule has 0 bridgehead atoms. The summed E-state index contributed by atoms with van der Waals surface area (Å²) >= 11 is 0. The smallest absolute Gasteiger partial charge is 0.416 e. The second-order valence-electron chi connectivity index (χ2n) is 8.65. The summed E-state index contributed by atoms with van der Waals surface area (Å²) in [6, 6.07) is 8.37. The van der Waals surface area contributed by atoms with Gasteiger partial charge in [0.15, 0.2) is 0 Å². The monoisotopic (exact) mass is 544 g/mol. The van der Waals surface area contributed by atoms with Crippen molar-refractivity contribution in [3.8, 4) is 6.07 Å². The Morgan fingerprint density at radius 1 is 1.21 bits per heavy atom. The van der Waals surface area contributed by atoms with E-state index < -0.39 is 35.7 Å². The zero-order valence-electron chi connectivity index (χ0n) is 21.5. The zero-order chi connectivity index (χ0) is 28.9. The van der Waals surface area contributed by atoms with E-state index in [1.165, 1.54) is 38.2 Å². The average molecular weight is 545 g/mol. The molecule has 1 aliphatic heterocycles. The third-order valence-corrected chi connectivity index (χ3v) is 6.15. The van der Waals surface area contributed by atoms with E-state index in [1.807, 2.05) is 6.07 Å². The van der Waals surface area contributed by atoms with Gasteiger partial charge in [-0.1, -0.05) is 12.1 Å². The molecule has 0 radical (unpaired) electrons. The van der Waals surface area contributed by atoms with E-state index in [4.69, 9.17) is 9.84 Å². The summed E-state index contributed by atoms with van der Waals surface area (Å²) in [5.41, 5.74) is -0.753. The van der Waals surface area contributed by atoms with E-state index in [0.29, 0.717) is 0 Å². The molecule has 12 heteroatoms. The van der Waals surface area contributed by atoms with Crippen LogP contribution < -0.4 is 10.2 Å². The number of aliphatic hydroxyl groups is 1. The molecule has 1 heterocycles. The van der Waals surface area contributed by atoms with Crippen LogP contribution >= 0.6 is 0 Å². The SMILES string of the molecule is CCOC(=O)C1=C(C)N(c2cccc(C(F)(F)F)c2)C(=O)N(C)C1c1ccc(C#N)cc1C(=O)NCCCO. The van der Waals surface area contributed by atoms with E-state index >= 15 is 0 Å². The van der Waals surface area contributed by atoms with E-state index in [9.17, 15) is 32.8 Å². The molecule has 206 valence electrons. The number of hydrogen-bond acceptors (Lipinski definition) is 6. The Hall–Kier alpha value is -4.37. The number of ether oxygens (including phenoxy) is 1. The van der Waals surface area contributed by atoms with Crippen molar-refractivity contribution >= 4 is 23.6 Å². The van der Waals surface area contributed by atoms with Crippen LogP contribution in [-0.4, -0.2) is 54.7 Å². The number of nitrogens with zero attached hydrogens (tertiary/aromatic N) is 3. The van der Waals surface area contributed by atoms with Crippen LogP contribution in [-0.2, 0) is 15.7 Å². The highest BCUT2D eigenvalue weighted by Crippen LogP contribution is 2.41. The van der Waals surface area contributed by atoms with Crippen LogP contribution in [0.1, 0.15) is 53.4 Å². The molecule has 0 aromatic heterocycles. The Labute approximate surface area is 223 Å². The molecule has 0 fully saturated rings. The molecule has 1 aliphatic rings. The van der Waals surface area contributed by atoms with Crippen LogP contribution in [0.2, 0.25) is 0 Å². The quantitative estimate of drug-likeness (QED) is 0.381. The van der Waals surface area contributed by atoms with Crippen molar-refractivity contribution in [1.29, 1.82) is 5.26 Å². The first-order valence-electron chi connectivity index (χ1n) is 12.0. The predicted octanol–water partition coefficient (Wildman–Crippen LogP) is 4.14. The van der Waals surface area contributed by atoms with Crippen LogP contribution in [0, 0.1) is 11.3 Å². The number of carbonyl (C=O) groups is 3. The van der Waals surface area contributed by atoms with Gasteiger partial charge in [0, 0.05) is 31.5 Å². The van der Waals surface area contributed by atoms with Crippen molar-refractivity contribution in [2.24, 2.45) is 0 Å². The second kappa shape index (κ2) is 12.0. The van der Waals surface area contributed by atoms with Crippen molar-refractivity contribution in [3.63, 3.8) is 0 Å². The predicted molar refractivity (Wildman–Crippen MR) is 134 cm³/mol. The Morgan fingerprint density at radius 2 is 1.92 bits per heavy atom. The largest absolute Gasteiger partial charge is 0.463 e. The number of allylic oxidation sites excluding steroid dienone is 1. The van der Waals surface area contributed by atoms with Gasteiger partial charge in [0.25, 0.3) is 5.91 Å². The first kappa shape index (κ1) is 29.2. The summed E-state index contributed by atoms with van der Waals surface area (Å²) in [4.78, 5) is 42.1. The molecule has 0 aliphatic carbocycles. The number of alkyl halides is 3. The van der Waals surface area contributed by atoms with E-state index in [2.05, 4.69) is 5.32 Å². The van der Waals surface area contributed by atoms with Crippen LogP contribution in [0.4, 0.5) is 23.7 Å². The highest BCUT2D eigenvalue weighted by Gasteiger charge is 2.43. The van der Waals surface area contributed by atoms with Crippen molar-refractivity contribution in [2.45, 2.75) is 32.5 Å². The van der Waals surface area contributed by atoms with Gasteiger partial charge < -0.3 is 20.1 Å². The number of nitriles is 1. The maximum Gasteiger partial charge on any atom is 0.416 e. The molecule has 2 aromatic carbocycles. The minimum atomic E-state index is -4.66. The maximum absolute atomic E-state index is 13.6. The number of aliphatic hydroxyl groups excluding tert-OH is 1. The molecule has 0 saturated heterocycles. The van der Waals surface area contributed by atoms with Gasteiger partial charge in [-0.15, -0.1) is 0 Å². The lowest BCUT2D eigenvalue weighted by Gasteiger charge is -2.41. The molecule has 3 rings (SSSR count). The number of halogens is 3. The van der Waals surface area contributed by atoms with Gasteiger partial charge in [0.1, 0.15) is 0 Å². The van der Waals surface area contributed by atoms with Crippen molar-refractivity contribution < 1.29 is 37.4 Å². The Bertz CT molecular complexity index is 1350. The van der Waals surface area contributed by atoms with Gasteiger partial charge in [-0.25, -0.2) is 9.59 Å². The van der Waals surface area contributed by atoms with Crippen LogP contribution in [0.15, 0.2) is 53.7 Å². The number of urea groups is 1. The normalized spacial score (nSPS) is 15.7. The van der Waals surface area contributed by atoms with Gasteiger partial charge in [-0.2, -0.15) is 18.4 Å². The van der Waals surface area contributed by atoms with Gasteiger partial charge in [-0.05, 0) is 56.2 Å². The topological polar surface area (TPSA) is 123 Å². The fraction of sp³-hybridized carbons (Fsp3) is 0.333. The Morgan fingerprint density at radius 3 is 2.54 bits per heavy atom. The summed E-state index contributed by atoms with van der Waals surface area (Å²) < 4.78 is 45.5. The third kappa shape index (κ3) is 6.04. The van der Waals surface area contributed by atoms with Crippen LogP contribution in [0.5, 0.6) is 0 Å². The number of hydrogen-bond donors (Lipinski definition) is 2. The molecule has 1 atom stereocenters. The standard InChI is InChI=1S/C27H27F3N4O5/c1-4-39-25(37)22-16(2)34(19-8-5-7-18(14-19)27(28,29)30)26(38)33(3)23(22)20-10-9-17(15-31)13-21(20)24(36)32-11-6-12-35/h5,7-10,13-14,23,35H,4,6,11-12H2,1-3H3,(H,32,36). The number of benzene rings is 2. The number of esters is 1. The maximum atomic E-state index is 13.6. The second-order valence-corrected chi connectivity index (χ2v) is 8.65. The number of nitrogens with one attached hydrogen (secondary N) is 1. The van der Waals surface area contributed by atoms with Gasteiger partial charge >= 0.3 is 18.2 Å². The highest BCUT2D eigenvalue weighted by atomic mass is 19.4. The molecular formula is C27H27F3N4O5. The summed E-state index contributed by atoms with van der Waals surface area (Å²) in [6.45, 7) is 2.94. The van der Waals surface area contributed by atoms with E-state index in [-0.39, 0.29) is 59.8 Å². The lowest BCUT2D eigenvalue weighted by atomic mass is 9.89. The summed E-state index contributed by atoms with van der Waals surface area (Å²) in [6.07, 6.45) is -4.38. The summed E-state index contributed by atoms with van der Waals surface area (Å²) in [5.74, 6) is -1.43. The van der Waals surface area contributed by atoms with Crippen molar-refractivity contribution in [1.82, 2.24) is 10.2 Å². The lowest BCUT2D eigenvalue weighted by molar-refractivity contribution is -0.139. The Balaban J connectivity index is 2.24. The first-order valence-corrected chi connectivity index (χ1v) is 12.0. The van der Waals surface area contributed by atoms with Gasteiger partial charge in [0.05, 0.1) is 41.1 Å². The number of anilines is 1. The number of rotatable bonds is 8. The first-order chi connectivity index (χ1) is 18.5. The molecular weight excluding hydrogens is 517 g/mol. The van der Waals surface area contributed by atoms with Crippen LogP contribution in [0.3, 0.4) is 0 Å². The minimum Gasteiger partial charge on any atom is -0.463 e. The summed E-state index contributed by atoms with van der Waals surface area (Å²) in [5, 5.41) is 21.1. The van der Waals surface area contributed by atoms with Gasteiger partial charge in [-0.3, -0.25) is 9.69 Å². The number of amides is 3. The van der Waals surface area contributed by atoms with E-state index in [1.54, 1.807) is 6.92 Å². The molecule has 9 nitrogen and oxygen atoms in total. The van der Waals surface area contributed by atoms with Crippen molar-refractivity contribution in [3.05, 3.63) is 76.0 Å². The third-order valence-electron chi connectivity index (χ3n) is 6.15. The lowest BCUT2D eigenvalue weighted by Crippen LogP contribution is -2.49. The molecule has 0 spiro atoms. The number of likely N-dealkylation sites (N-methyl/N-ethyl adjacent to an activating group) is 1. The Kier molecular flexibility index (Phi) is 8.98. The summed E-state index contributed by atoms with van der Waals surface area (Å²) in [7, 11) is 1.35. The fourth-order valence-corrected chi connectivity index (χ4v) is 4.32. The van der Waals surface area contributed by atoms with Crippen molar-refractivity contribution in [2.75, 3.05) is 31.7 Å². The fourth-order valence-electron chi connectivity index (χ4n) is 4.32. The molecule has 39 heavy (non-hydrogen) atoms. The average Bonchev–Trinajstić information content (AvgIpc) is 2.90. The molecule has 3 amide bonds. The molecule has 2 aromatic rings. The molecule has 0 saturated carbocycles.